The lowest BCUT2D eigenvalue weighted by molar-refractivity contribution is -0.912. The summed E-state index contributed by atoms with van der Waals surface area (Å²) in [5.74, 6) is 0. The maximum atomic E-state index is 6.10. The highest BCUT2D eigenvalue weighted by Crippen LogP contribution is 2.49. The Kier molecular flexibility index (Phi) is 11.3. The molecule has 0 bridgehead atoms. The molecule has 6 rings (SSSR count). The number of hydrogen-bond donors (Lipinski definition) is 0. The van der Waals surface area contributed by atoms with Crippen LogP contribution in [0, 0.1) is 0 Å². The van der Waals surface area contributed by atoms with Crippen LogP contribution in [0.4, 0.5) is 22.7 Å². The minimum absolute atomic E-state index is 0.418. The third kappa shape index (κ3) is 8.03. The first-order chi connectivity index (χ1) is 23.1. The maximum Gasteiger partial charge on any atom is 0.200 e. The second-order valence-electron chi connectivity index (χ2n) is 14.2. The van der Waals surface area contributed by atoms with Gasteiger partial charge in [-0.1, -0.05) is 81.9 Å². The van der Waals surface area contributed by atoms with Crippen molar-refractivity contribution in [3.8, 4) is 0 Å². The van der Waals surface area contributed by atoms with Gasteiger partial charge in [0, 0.05) is 24.3 Å². The molecule has 2 unspecified atom stereocenters. The summed E-state index contributed by atoms with van der Waals surface area (Å²) < 4.78 is 14.0. The highest BCUT2D eigenvalue weighted by Gasteiger charge is 2.40. The quantitative estimate of drug-likeness (QED) is 0.0714. The van der Waals surface area contributed by atoms with Gasteiger partial charge in [0.25, 0.3) is 0 Å². The Hall–Kier alpha value is -2.66. The van der Waals surface area contributed by atoms with Crippen molar-refractivity contribution in [2.45, 2.75) is 45.5 Å². The maximum absolute atomic E-state index is 6.10. The first-order valence-electron chi connectivity index (χ1n) is 17.2. The van der Waals surface area contributed by atoms with Gasteiger partial charge in [-0.2, -0.15) is 0 Å². The highest BCUT2D eigenvalue weighted by molar-refractivity contribution is 8.00. The third-order valence-electron chi connectivity index (χ3n) is 10.3. The molecule has 48 heavy (non-hydrogen) atoms. The molecule has 2 aliphatic rings. The number of rotatable bonds is 15. The van der Waals surface area contributed by atoms with Gasteiger partial charge in [-0.15, -0.1) is 0 Å². The van der Waals surface area contributed by atoms with Gasteiger partial charge in [0.15, 0.2) is 13.1 Å². The Labute approximate surface area is 296 Å². The molecule has 2 heterocycles. The number of ether oxygens (including phenoxy) is 2. The second-order valence-corrected chi connectivity index (χ2v) is 16.4. The molecular formula is C40H52N4O2S2+4. The zero-order valence-electron chi connectivity index (χ0n) is 29.5. The largest absolute Gasteiger partial charge is 0.373 e. The zero-order valence-corrected chi connectivity index (χ0v) is 31.1. The third-order valence-corrected chi connectivity index (χ3v) is 12.6. The van der Waals surface area contributed by atoms with Crippen LogP contribution in [0.25, 0.3) is 0 Å². The van der Waals surface area contributed by atoms with E-state index in [1.165, 1.54) is 42.3 Å². The van der Waals surface area contributed by atoms with Gasteiger partial charge in [0.05, 0.1) is 74.2 Å². The van der Waals surface area contributed by atoms with Crippen LogP contribution >= 0.6 is 23.5 Å². The molecule has 2 aliphatic heterocycles. The van der Waals surface area contributed by atoms with Crippen molar-refractivity contribution < 1.29 is 18.4 Å². The first-order valence-corrected chi connectivity index (χ1v) is 18.8. The molecule has 6 nitrogen and oxygen atoms in total. The van der Waals surface area contributed by atoms with E-state index in [0.29, 0.717) is 25.3 Å². The van der Waals surface area contributed by atoms with E-state index in [0.717, 1.165) is 48.4 Å². The van der Waals surface area contributed by atoms with Gasteiger partial charge in [-0.25, -0.2) is 0 Å². The van der Waals surface area contributed by atoms with Crippen LogP contribution in [0.5, 0.6) is 0 Å². The molecule has 2 radical (unpaired) electrons. The number of hydrogen-bond acceptors (Lipinski definition) is 6. The Morgan fingerprint density at radius 3 is 1.08 bits per heavy atom. The Bertz CT molecular complexity index is 1460. The van der Waals surface area contributed by atoms with Crippen LogP contribution in [0.3, 0.4) is 0 Å². The van der Waals surface area contributed by atoms with Crippen molar-refractivity contribution in [3.63, 3.8) is 0 Å². The van der Waals surface area contributed by atoms with Gasteiger partial charge in [-0.3, -0.25) is 0 Å². The molecule has 8 heteroatoms. The van der Waals surface area contributed by atoms with Crippen molar-refractivity contribution in [1.29, 1.82) is 0 Å². The molecule has 0 saturated heterocycles. The van der Waals surface area contributed by atoms with E-state index in [2.05, 4.69) is 149 Å². The predicted octanol–water partition coefficient (Wildman–Crippen LogP) is 8.49. The molecule has 0 N–H and O–H groups in total. The number of fused-ring (bicyclic) bond motifs is 4. The van der Waals surface area contributed by atoms with Crippen molar-refractivity contribution in [3.05, 3.63) is 97.1 Å². The van der Waals surface area contributed by atoms with E-state index < -0.39 is 0 Å². The average molecular weight is 685 g/mol. The fourth-order valence-electron chi connectivity index (χ4n) is 6.29. The van der Waals surface area contributed by atoms with Crippen molar-refractivity contribution in [2.75, 3.05) is 80.8 Å². The van der Waals surface area contributed by atoms with Crippen LogP contribution < -0.4 is 9.80 Å². The van der Waals surface area contributed by atoms with Gasteiger partial charge >= 0.3 is 0 Å². The average Bonchev–Trinajstić information content (AvgIpc) is 3.09. The highest BCUT2D eigenvalue weighted by atomic mass is 32.2. The summed E-state index contributed by atoms with van der Waals surface area (Å²) in [6.07, 6.45) is 0. The molecule has 0 aliphatic carbocycles. The van der Waals surface area contributed by atoms with E-state index in [9.17, 15) is 0 Å². The van der Waals surface area contributed by atoms with Gasteiger partial charge in [0.2, 0.25) is 22.7 Å². The predicted molar refractivity (Wildman–Crippen MR) is 201 cm³/mol. The molecule has 2 atom stereocenters. The fourth-order valence-corrected chi connectivity index (χ4v) is 8.48. The lowest BCUT2D eigenvalue weighted by Crippen LogP contribution is -2.54. The van der Waals surface area contributed by atoms with Crippen molar-refractivity contribution in [1.82, 2.24) is 9.80 Å². The summed E-state index contributed by atoms with van der Waals surface area (Å²) in [5.41, 5.74) is 5.22. The molecule has 4 aromatic rings. The molecule has 0 fully saturated rings. The lowest BCUT2D eigenvalue weighted by atomic mass is 10.1. The van der Waals surface area contributed by atoms with Crippen molar-refractivity contribution in [2.24, 2.45) is 0 Å². The minimum atomic E-state index is 0.418. The fraction of sp³-hybridized carbons (Fsp3) is 0.400. The molecular weight excluding hydrogens is 633 g/mol. The van der Waals surface area contributed by atoms with E-state index in [4.69, 9.17) is 9.47 Å². The Morgan fingerprint density at radius 2 is 0.771 bits per heavy atom. The topological polar surface area (TPSA) is 30.3 Å². The number of benzene rings is 4. The molecule has 0 aromatic heterocycles. The van der Waals surface area contributed by atoms with Gasteiger partial charge < -0.3 is 18.4 Å². The van der Waals surface area contributed by atoms with Gasteiger partial charge in [0.1, 0.15) is 25.2 Å². The SMILES string of the molecule is CC(C[N+]1c2ccccc2Sc2ccccc21)[N+](C)(C)CCOCCOCC[N+](C)(C)C(C)C[N+]1c2ccccc2Sc2ccccc21. The summed E-state index contributed by atoms with van der Waals surface area (Å²) in [6, 6.07) is 35.9. The summed E-state index contributed by atoms with van der Waals surface area (Å²) in [7, 11) is 9.29. The standard InChI is InChI=1S/C40H52N4O2S2/c1-31(29-41-33-15-7-11-19-37(33)47-38-20-12-8-16-34(38)41)43(3,4)23-25-45-27-28-46-26-24-44(5,6)32(2)30-42-35-17-9-13-21-39(35)48-40-22-14-10-18-36(40)42/h7-22,31-32H,23-30H2,1-6H3/q+4. The summed E-state index contributed by atoms with van der Waals surface area (Å²) in [6.45, 7) is 11.2. The molecule has 0 spiro atoms. The van der Waals surface area contributed by atoms with Crippen LogP contribution in [-0.2, 0) is 9.47 Å². The van der Waals surface area contributed by atoms with Crippen LogP contribution in [0.15, 0.2) is 117 Å². The number of nitrogens with zero attached hydrogens (tertiary/aromatic N) is 4. The monoisotopic (exact) mass is 684 g/mol. The molecule has 4 aromatic carbocycles. The van der Waals surface area contributed by atoms with E-state index in [-0.39, 0.29) is 0 Å². The van der Waals surface area contributed by atoms with E-state index >= 15 is 0 Å². The number of likely N-dealkylation sites (N-methyl/N-ethyl adjacent to an activating group) is 2. The summed E-state index contributed by atoms with van der Waals surface area (Å²) in [5, 5.41) is 0. The Balaban J connectivity index is 0.925. The Morgan fingerprint density at radius 1 is 0.479 bits per heavy atom. The number of para-hydroxylation sites is 4. The minimum Gasteiger partial charge on any atom is -0.373 e. The van der Waals surface area contributed by atoms with Crippen LogP contribution in [0.1, 0.15) is 13.8 Å². The van der Waals surface area contributed by atoms with Crippen LogP contribution in [-0.4, -0.2) is 102 Å². The number of quaternary nitrogens is 2. The first kappa shape index (κ1) is 35.2. The lowest BCUT2D eigenvalue weighted by Gasteiger charge is -2.36. The number of anilines is 4. The normalized spacial score (nSPS) is 16.0. The summed E-state index contributed by atoms with van der Waals surface area (Å²) >= 11 is 3.74. The molecule has 0 saturated carbocycles. The van der Waals surface area contributed by atoms with E-state index in [1.807, 2.05) is 23.5 Å². The van der Waals surface area contributed by atoms with Gasteiger partial charge in [-0.05, 0) is 38.1 Å². The van der Waals surface area contributed by atoms with E-state index in [1.54, 1.807) is 0 Å². The second kappa shape index (κ2) is 15.5. The van der Waals surface area contributed by atoms with Crippen LogP contribution in [0.2, 0.25) is 0 Å². The molecule has 252 valence electrons. The summed E-state index contributed by atoms with van der Waals surface area (Å²) in [4.78, 5) is 10.3. The van der Waals surface area contributed by atoms with Crippen molar-refractivity contribution >= 4 is 46.3 Å². The molecule has 0 amide bonds. The smallest absolute Gasteiger partial charge is 0.200 e. The zero-order chi connectivity index (χ0) is 33.7.